The molecule has 4 heteroatoms. The van der Waals surface area contributed by atoms with Gasteiger partial charge in [-0.05, 0) is 35.2 Å². The van der Waals surface area contributed by atoms with Crippen molar-refractivity contribution in [2.45, 2.75) is 26.4 Å². The molecule has 0 spiro atoms. The average molecular weight is 299 g/mol. The number of benzene rings is 2. The van der Waals surface area contributed by atoms with E-state index in [4.69, 9.17) is 15.2 Å². The van der Waals surface area contributed by atoms with Crippen LogP contribution >= 0.6 is 0 Å². The third-order valence-electron chi connectivity index (χ3n) is 3.48. The van der Waals surface area contributed by atoms with Crippen LogP contribution < -0.4 is 10.5 Å². The van der Waals surface area contributed by atoms with Gasteiger partial charge in [-0.3, -0.25) is 0 Å². The van der Waals surface area contributed by atoms with Gasteiger partial charge in [0.1, 0.15) is 12.4 Å². The number of nitrogens with two attached hydrogens (primary N) is 1. The average Bonchev–Trinajstić information content (AvgIpc) is 2.53. The quantitative estimate of drug-likeness (QED) is 0.674. The maximum atomic E-state index is 11.5. The molecule has 2 N–H and O–H groups in total. The second kappa shape index (κ2) is 6.98. The number of carbonyl (C=O) groups is 1. The van der Waals surface area contributed by atoms with Crippen LogP contribution in [-0.4, -0.2) is 13.1 Å². The van der Waals surface area contributed by atoms with Crippen LogP contribution in [0.4, 0.5) is 5.69 Å². The highest BCUT2D eigenvalue weighted by molar-refractivity contribution is 5.90. The molecule has 0 aliphatic heterocycles. The van der Waals surface area contributed by atoms with Gasteiger partial charge < -0.3 is 15.2 Å². The summed E-state index contributed by atoms with van der Waals surface area (Å²) in [5, 5.41) is 0. The topological polar surface area (TPSA) is 61.5 Å². The summed E-state index contributed by atoms with van der Waals surface area (Å²) in [6.07, 6.45) is 0. The molecule has 0 aliphatic carbocycles. The maximum absolute atomic E-state index is 11.5. The molecule has 0 amide bonds. The van der Waals surface area contributed by atoms with Gasteiger partial charge in [-0.25, -0.2) is 4.79 Å². The highest BCUT2D eigenvalue weighted by atomic mass is 16.5. The molecule has 0 aliphatic rings. The number of carbonyl (C=O) groups excluding carboxylic acids is 1. The Balaban J connectivity index is 2.09. The van der Waals surface area contributed by atoms with Gasteiger partial charge in [-0.15, -0.1) is 0 Å². The molecule has 116 valence electrons. The Morgan fingerprint density at radius 1 is 1.14 bits per heavy atom. The van der Waals surface area contributed by atoms with Crippen molar-refractivity contribution in [1.82, 2.24) is 0 Å². The molecule has 22 heavy (non-hydrogen) atoms. The van der Waals surface area contributed by atoms with Crippen molar-refractivity contribution >= 4 is 11.7 Å². The summed E-state index contributed by atoms with van der Waals surface area (Å²) in [6, 6.07) is 13.1. The van der Waals surface area contributed by atoms with Crippen LogP contribution in [0, 0.1) is 0 Å². The molecule has 0 fully saturated rings. The number of hydrogen-bond acceptors (Lipinski definition) is 4. The third kappa shape index (κ3) is 3.79. The number of rotatable bonds is 5. The highest BCUT2D eigenvalue weighted by Gasteiger charge is 2.09. The fraction of sp³-hybridized carbons (Fsp3) is 0.278. The molecule has 0 atom stereocenters. The number of methoxy groups -OCH3 is 1. The van der Waals surface area contributed by atoms with Crippen molar-refractivity contribution in [2.75, 3.05) is 12.8 Å². The van der Waals surface area contributed by atoms with Crippen LogP contribution in [0.5, 0.6) is 5.75 Å². The molecule has 2 aromatic carbocycles. The Morgan fingerprint density at radius 3 is 2.41 bits per heavy atom. The summed E-state index contributed by atoms with van der Waals surface area (Å²) >= 11 is 0. The molecule has 2 aromatic rings. The lowest BCUT2D eigenvalue weighted by molar-refractivity contribution is 0.0600. The van der Waals surface area contributed by atoms with E-state index in [1.54, 1.807) is 18.2 Å². The smallest absolute Gasteiger partial charge is 0.337 e. The summed E-state index contributed by atoms with van der Waals surface area (Å²) in [5.41, 5.74) is 9.13. The first kappa shape index (κ1) is 15.9. The van der Waals surface area contributed by atoms with Crippen molar-refractivity contribution in [3.05, 3.63) is 59.2 Å². The first-order valence-corrected chi connectivity index (χ1v) is 7.20. The van der Waals surface area contributed by atoms with Crippen molar-refractivity contribution in [2.24, 2.45) is 0 Å². The predicted molar refractivity (Wildman–Crippen MR) is 87.1 cm³/mol. The molecule has 2 rings (SSSR count). The van der Waals surface area contributed by atoms with E-state index >= 15 is 0 Å². The molecule has 0 heterocycles. The molecule has 0 aromatic heterocycles. The number of ether oxygens (including phenoxy) is 2. The van der Waals surface area contributed by atoms with Gasteiger partial charge in [0.15, 0.2) is 0 Å². The van der Waals surface area contributed by atoms with E-state index in [9.17, 15) is 4.79 Å². The van der Waals surface area contributed by atoms with Crippen LogP contribution in [0.2, 0.25) is 0 Å². The van der Waals surface area contributed by atoms with Crippen molar-refractivity contribution < 1.29 is 14.3 Å². The summed E-state index contributed by atoms with van der Waals surface area (Å²) in [6.45, 7) is 4.71. The number of nitrogen functional groups attached to an aromatic ring is 1. The number of hydrogen-bond donors (Lipinski definition) is 1. The summed E-state index contributed by atoms with van der Waals surface area (Å²) in [7, 11) is 1.34. The Bertz CT molecular complexity index is 648. The molecule has 0 saturated carbocycles. The minimum Gasteiger partial charge on any atom is -0.487 e. The van der Waals surface area contributed by atoms with Crippen molar-refractivity contribution in [1.29, 1.82) is 0 Å². The van der Waals surface area contributed by atoms with Crippen LogP contribution in [0.3, 0.4) is 0 Å². The van der Waals surface area contributed by atoms with Gasteiger partial charge >= 0.3 is 5.97 Å². The van der Waals surface area contributed by atoms with E-state index in [2.05, 4.69) is 26.0 Å². The SMILES string of the molecule is COC(=O)c1ccc(N)c(OCc2ccc(C(C)C)cc2)c1. The second-order valence-corrected chi connectivity index (χ2v) is 5.43. The maximum Gasteiger partial charge on any atom is 0.337 e. The lowest BCUT2D eigenvalue weighted by Crippen LogP contribution is -2.04. The Kier molecular flexibility index (Phi) is 5.04. The zero-order valence-corrected chi connectivity index (χ0v) is 13.1. The fourth-order valence-corrected chi connectivity index (χ4v) is 2.06. The fourth-order valence-electron chi connectivity index (χ4n) is 2.06. The molecular weight excluding hydrogens is 278 g/mol. The standard InChI is InChI=1S/C18H21NO3/c1-12(2)14-6-4-13(5-7-14)11-22-17-10-15(18(20)21-3)8-9-16(17)19/h4-10,12H,11,19H2,1-3H3. The van der Waals surface area contributed by atoms with E-state index in [0.717, 1.165) is 5.56 Å². The minimum absolute atomic E-state index is 0.396. The van der Waals surface area contributed by atoms with Gasteiger partial charge in [0.05, 0.1) is 18.4 Å². The monoisotopic (exact) mass is 299 g/mol. The molecule has 0 saturated heterocycles. The highest BCUT2D eigenvalue weighted by Crippen LogP contribution is 2.24. The van der Waals surface area contributed by atoms with Crippen LogP contribution in [-0.2, 0) is 11.3 Å². The normalized spacial score (nSPS) is 10.5. The van der Waals surface area contributed by atoms with E-state index < -0.39 is 5.97 Å². The van der Waals surface area contributed by atoms with E-state index in [0.29, 0.717) is 29.5 Å². The van der Waals surface area contributed by atoms with Gasteiger partial charge in [0.25, 0.3) is 0 Å². The van der Waals surface area contributed by atoms with Gasteiger partial charge in [0, 0.05) is 0 Å². The first-order valence-electron chi connectivity index (χ1n) is 7.20. The Hall–Kier alpha value is -2.49. The van der Waals surface area contributed by atoms with Gasteiger partial charge in [0.2, 0.25) is 0 Å². The zero-order chi connectivity index (χ0) is 16.1. The third-order valence-corrected chi connectivity index (χ3v) is 3.48. The Morgan fingerprint density at radius 2 is 1.82 bits per heavy atom. The van der Waals surface area contributed by atoms with Crippen molar-refractivity contribution in [3.8, 4) is 5.75 Å². The van der Waals surface area contributed by atoms with Crippen molar-refractivity contribution in [3.63, 3.8) is 0 Å². The van der Waals surface area contributed by atoms with Crippen LogP contribution in [0.25, 0.3) is 0 Å². The van der Waals surface area contributed by atoms with E-state index in [1.165, 1.54) is 12.7 Å². The van der Waals surface area contributed by atoms with Crippen LogP contribution in [0.15, 0.2) is 42.5 Å². The largest absolute Gasteiger partial charge is 0.487 e. The lowest BCUT2D eigenvalue weighted by Gasteiger charge is -2.11. The van der Waals surface area contributed by atoms with Gasteiger partial charge in [-0.2, -0.15) is 0 Å². The molecule has 0 bridgehead atoms. The van der Waals surface area contributed by atoms with E-state index in [-0.39, 0.29) is 0 Å². The second-order valence-electron chi connectivity index (χ2n) is 5.43. The van der Waals surface area contributed by atoms with Gasteiger partial charge in [-0.1, -0.05) is 38.1 Å². The van der Waals surface area contributed by atoms with E-state index in [1.807, 2.05) is 12.1 Å². The lowest BCUT2D eigenvalue weighted by atomic mass is 10.0. The summed E-state index contributed by atoms with van der Waals surface area (Å²) in [5.74, 6) is 0.573. The number of esters is 1. The molecule has 4 nitrogen and oxygen atoms in total. The molecular formula is C18H21NO3. The number of anilines is 1. The summed E-state index contributed by atoms with van der Waals surface area (Å²) < 4.78 is 10.4. The predicted octanol–water partition coefficient (Wildman–Crippen LogP) is 3.76. The minimum atomic E-state index is -0.411. The first-order chi connectivity index (χ1) is 10.5. The zero-order valence-electron chi connectivity index (χ0n) is 13.1. The Labute approximate surface area is 130 Å². The molecule has 0 unspecified atom stereocenters. The summed E-state index contributed by atoms with van der Waals surface area (Å²) in [4.78, 5) is 11.5. The molecule has 0 radical (unpaired) electrons. The van der Waals surface area contributed by atoms with Crippen LogP contribution in [0.1, 0.15) is 41.3 Å².